The number of rotatable bonds is 6. The molecule has 0 radical (unpaired) electrons. The van der Waals surface area contributed by atoms with Crippen LogP contribution in [0.4, 0.5) is 11.4 Å². The third kappa shape index (κ3) is 4.95. The highest BCUT2D eigenvalue weighted by Crippen LogP contribution is 2.20. The van der Waals surface area contributed by atoms with Crippen LogP contribution in [0.2, 0.25) is 0 Å². The van der Waals surface area contributed by atoms with Crippen LogP contribution in [-0.4, -0.2) is 32.1 Å². The van der Waals surface area contributed by atoms with Gasteiger partial charge in [0.1, 0.15) is 11.6 Å². The second kappa shape index (κ2) is 9.54. The molecule has 2 aromatic carbocycles. The number of carbonyl (C=O) groups excluding carboxylic acids is 3. The third-order valence-corrected chi connectivity index (χ3v) is 3.61. The Balaban J connectivity index is 2.30. The summed E-state index contributed by atoms with van der Waals surface area (Å²) < 4.78 is 9.36. The van der Waals surface area contributed by atoms with Gasteiger partial charge in [-0.3, -0.25) is 4.79 Å². The van der Waals surface area contributed by atoms with Crippen LogP contribution in [0.5, 0.6) is 0 Å². The maximum absolute atomic E-state index is 12.3. The van der Waals surface area contributed by atoms with Crippen LogP contribution in [0, 0.1) is 11.3 Å². The van der Waals surface area contributed by atoms with Crippen molar-refractivity contribution in [3.8, 4) is 6.07 Å². The van der Waals surface area contributed by atoms with Crippen molar-refractivity contribution in [2.24, 2.45) is 0 Å². The Bertz CT molecular complexity index is 962. The van der Waals surface area contributed by atoms with E-state index in [0.29, 0.717) is 5.69 Å². The molecule has 0 atom stereocenters. The average Bonchev–Trinajstić information content (AvgIpc) is 2.73. The highest BCUT2D eigenvalue weighted by Gasteiger charge is 2.16. The second-order valence-corrected chi connectivity index (χ2v) is 5.38. The summed E-state index contributed by atoms with van der Waals surface area (Å²) in [7, 11) is 2.44. The van der Waals surface area contributed by atoms with Crippen LogP contribution in [0.1, 0.15) is 20.7 Å². The monoisotopic (exact) mass is 379 g/mol. The smallest absolute Gasteiger partial charge is 0.339 e. The van der Waals surface area contributed by atoms with Gasteiger partial charge < -0.3 is 20.1 Å². The van der Waals surface area contributed by atoms with Gasteiger partial charge in [0.15, 0.2) is 0 Å². The quantitative estimate of drug-likeness (QED) is 0.450. The zero-order chi connectivity index (χ0) is 20.5. The van der Waals surface area contributed by atoms with Crippen molar-refractivity contribution in [1.82, 2.24) is 0 Å². The fourth-order valence-corrected chi connectivity index (χ4v) is 2.21. The molecule has 0 saturated carbocycles. The molecule has 0 unspecified atom stereocenters. The SMILES string of the molecule is COC(=O)c1ccc(C(=O)OC)c(NC=C(C#N)C(=O)Nc2ccccc2)c1. The number of nitrogens with one attached hydrogen (secondary N) is 2. The molecule has 0 aliphatic rings. The molecule has 0 aromatic heterocycles. The van der Waals surface area contributed by atoms with Crippen LogP contribution in [-0.2, 0) is 14.3 Å². The highest BCUT2D eigenvalue weighted by atomic mass is 16.5. The van der Waals surface area contributed by atoms with Crippen molar-refractivity contribution in [2.75, 3.05) is 24.9 Å². The Morgan fingerprint density at radius 1 is 1.00 bits per heavy atom. The lowest BCUT2D eigenvalue weighted by Crippen LogP contribution is -2.15. The summed E-state index contributed by atoms with van der Waals surface area (Å²) in [6.45, 7) is 0. The number of amides is 1. The van der Waals surface area contributed by atoms with Gasteiger partial charge in [0.2, 0.25) is 0 Å². The first-order valence-electron chi connectivity index (χ1n) is 8.04. The number of nitriles is 1. The zero-order valence-electron chi connectivity index (χ0n) is 15.2. The molecule has 0 aliphatic carbocycles. The van der Waals surface area contributed by atoms with Gasteiger partial charge in [-0.15, -0.1) is 0 Å². The lowest BCUT2D eigenvalue weighted by Gasteiger charge is -2.10. The predicted octanol–water partition coefficient (Wildman–Crippen LogP) is 2.72. The minimum absolute atomic E-state index is 0.118. The number of hydrogen-bond donors (Lipinski definition) is 2. The van der Waals surface area contributed by atoms with E-state index in [2.05, 4.69) is 15.4 Å². The molecular weight excluding hydrogens is 362 g/mol. The molecule has 0 fully saturated rings. The summed E-state index contributed by atoms with van der Waals surface area (Å²) in [6.07, 6.45) is 1.14. The normalized spacial score (nSPS) is 10.4. The summed E-state index contributed by atoms with van der Waals surface area (Å²) in [4.78, 5) is 35.9. The van der Waals surface area contributed by atoms with Crippen LogP contribution >= 0.6 is 0 Å². The van der Waals surface area contributed by atoms with Crippen LogP contribution in [0.3, 0.4) is 0 Å². The number of esters is 2. The van der Waals surface area contributed by atoms with Gasteiger partial charge in [0.05, 0.1) is 31.0 Å². The van der Waals surface area contributed by atoms with Crippen molar-refractivity contribution in [2.45, 2.75) is 0 Å². The first-order chi connectivity index (χ1) is 13.5. The number of ether oxygens (including phenoxy) is 2. The Kier molecular flexibility index (Phi) is 6.88. The maximum Gasteiger partial charge on any atom is 0.339 e. The van der Waals surface area contributed by atoms with Crippen molar-refractivity contribution in [3.05, 3.63) is 71.4 Å². The van der Waals surface area contributed by atoms with E-state index in [9.17, 15) is 19.6 Å². The van der Waals surface area contributed by atoms with Crippen molar-refractivity contribution < 1.29 is 23.9 Å². The molecule has 28 heavy (non-hydrogen) atoms. The number of para-hydroxylation sites is 1. The summed E-state index contributed by atoms with van der Waals surface area (Å²) in [5, 5.41) is 14.6. The van der Waals surface area contributed by atoms with E-state index in [1.807, 2.05) is 0 Å². The lowest BCUT2D eigenvalue weighted by molar-refractivity contribution is -0.112. The molecule has 0 aliphatic heterocycles. The van der Waals surface area contributed by atoms with E-state index in [-0.39, 0.29) is 22.4 Å². The number of nitrogens with zero attached hydrogens (tertiary/aromatic N) is 1. The predicted molar refractivity (Wildman–Crippen MR) is 102 cm³/mol. The zero-order valence-corrected chi connectivity index (χ0v) is 15.2. The molecule has 8 nitrogen and oxygen atoms in total. The molecule has 1 amide bonds. The first-order valence-corrected chi connectivity index (χ1v) is 8.04. The van der Waals surface area contributed by atoms with Crippen molar-refractivity contribution >= 4 is 29.2 Å². The molecule has 2 aromatic rings. The Morgan fingerprint density at radius 2 is 1.68 bits per heavy atom. The van der Waals surface area contributed by atoms with Gasteiger partial charge in [0.25, 0.3) is 5.91 Å². The van der Waals surface area contributed by atoms with E-state index in [1.165, 1.54) is 32.4 Å². The number of hydrogen-bond acceptors (Lipinski definition) is 7. The topological polar surface area (TPSA) is 118 Å². The molecule has 0 heterocycles. The molecule has 8 heteroatoms. The number of benzene rings is 2. The molecule has 0 bridgehead atoms. The van der Waals surface area contributed by atoms with Crippen LogP contribution < -0.4 is 10.6 Å². The molecule has 0 saturated heterocycles. The standard InChI is InChI=1S/C20H17N3O5/c1-27-19(25)13-8-9-16(20(26)28-2)17(10-13)22-12-14(11-21)18(24)23-15-6-4-3-5-7-15/h3-10,12,22H,1-2H3,(H,23,24). The Labute approximate surface area is 161 Å². The van der Waals surface area contributed by atoms with E-state index in [1.54, 1.807) is 36.4 Å². The lowest BCUT2D eigenvalue weighted by atomic mass is 10.1. The van der Waals surface area contributed by atoms with E-state index in [4.69, 9.17) is 4.74 Å². The molecule has 0 spiro atoms. The molecular formula is C20H17N3O5. The Hall–Kier alpha value is -4.12. The van der Waals surface area contributed by atoms with E-state index >= 15 is 0 Å². The number of anilines is 2. The summed E-state index contributed by atoms with van der Waals surface area (Å²) in [6, 6.07) is 14.6. The largest absolute Gasteiger partial charge is 0.465 e. The van der Waals surface area contributed by atoms with Gasteiger partial charge in [-0.05, 0) is 30.3 Å². The molecule has 142 valence electrons. The van der Waals surface area contributed by atoms with Crippen LogP contribution in [0.15, 0.2) is 60.3 Å². The van der Waals surface area contributed by atoms with Gasteiger partial charge in [-0.1, -0.05) is 18.2 Å². The molecule has 2 N–H and O–H groups in total. The molecule has 2 rings (SSSR count). The van der Waals surface area contributed by atoms with Gasteiger partial charge >= 0.3 is 11.9 Å². The second-order valence-electron chi connectivity index (χ2n) is 5.38. The van der Waals surface area contributed by atoms with Gasteiger partial charge in [-0.25, -0.2) is 9.59 Å². The summed E-state index contributed by atoms with van der Waals surface area (Å²) in [5.41, 5.74) is 0.764. The number of methoxy groups -OCH3 is 2. The Morgan fingerprint density at radius 3 is 2.29 bits per heavy atom. The maximum atomic E-state index is 12.3. The van der Waals surface area contributed by atoms with E-state index in [0.717, 1.165) is 6.20 Å². The fourth-order valence-electron chi connectivity index (χ4n) is 2.21. The van der Waals surface area contributed by atoms with Crippen LogP contribution in [0.25, 0.3) is 0 Å². The fraction of sp³-hybridized carbons (Fsp3) is 0.100. The minimum Gasteiger partial charge on any atom is -0.465 e. The third-order valence-electron chi connectivity index (χ3n) is 3.61. The van der Waals surface area contributed by atoms with Gasteiger partial charge in [-0.2, -0.15) is 5.26 Å². The minimum atomic E-state index is -0.653. The van der Waals surface area contributed by atoms with E-state index < -0.39 is 17.8 Å². The number of carbonyl (C=O) groups is 3. The van der Waals surface area contributed by atoms with Gasteiger partial charge in [0, 0.05) is 11.9 Å². The van der Waals surface area contributed by atoms with Crippen molar-refractivity contribution in [1.29, 1.82) is 5.26 Å². The first kappa shape index (κ1) is 20.2. The summed E-state index contributed by atoms with van der Waals surface area (Å²) in [5.74, 6) is -1.89. The van der Waals surface area contributed by atoms with Crippen molar-refractivity contribution in [3.63, 3.8) is 0 Å². The highest BCUT2D eigenvalue weighted by molar-refractivity contribution is 6.07. The summed E-state index contributed by atoms with van der Waals surface area (Å²) >= 11 is 0. The average molecular weight is 379 g/mol.